The minimum atomic E-state index is 0.423. The molecule has 0 saturated heterocycles. The van der Waals surface area contributed by atoms with E-state index in [2.05, 4.69) is 63.1 Å². The molecule has 0 saturated carbocycles. The van der Waals surface area contributed by atoms with E-state index >= 15 is 0 Å². The first-order valence-electron chi connectivity index (χ1n) is 9.13. The zero-order valence-corrected chi connectivity index (χ0v) is 14.9. The fourth-order valence-corrected chi connectivity index (χ4v) is 4.10. The number of nitrogens with one attached hydrogen (secondary N) is 1. The summed E-state index contributed by atoms with van der Waals surface area (Å²) in [6.07, 6.45) is 11.4. The van der Waals surface area contributed by atoms with Crippen molar-refractivity contribution in [3.8, 4) is 0 Å². The monoisotopic (exact) mass is 299 g/mol. The molecular formula is C21H33N. The summed E-state index contributed by atoms with van der Waals surface area (Å²) < 4.78 is 0. The molecule has 22 heavy (non-hydrogen) atoms. The number of aromatic amines is 1. The normalized spacial score (nSPS) is 15.8. The highest BCUT2D eigenvalue weighted by molar-refractivity contribution is 5.83. The quantitative estimate of drug-likeness (QED) is 0.528. The summed E-state index contributed by atoms with van der Waals surface area (Å²) in [6.45, 7) is 9.56. The number of unbranched alkanes of at least 4 members (excludes halogenated alkanes) is 1. The number of aromatic nitrogens is 1. The summed E-state index contributed by atoms with van der Waals surface area (Å²) in [5, 5.41) is 1.41. The molecule has 2 unspecified atom stereocenters. The van der Waals surface area contributed by atoms with Gasteiger partial charge in [-0.3, -0.25) is 0 Å². The SMILES string of the molecule is CCCCC(C)CC(C)(CCC)Cc1c[nH]c2ccccc12. The number of H-pyrrole nitrogens is 1. The van der Waals surface area contributed by atoms with Gasteiger partial charge in [0.2, 0.25) is 0 Å². The Kier molecular flexibility index (Phi) is 6.11. The molecule has 1 aromatic carbocycles. The van der Waals surface area contributed by atoms with Crippen LogP contribution in [0.4, 0.5) is 0 Å². The third-order valence-corrected chi connectivity index (χ3v) is 5.04. The Labute approximate surface area is 136 Å². The summed E-state index contributed by atoms with van der Waals surface area (Å²) in [4.78, 5) is 3.44. The highest BCUT2D eigenvalue weighted by atomic mass is 14.7. The van der Waals surface area contributed by atoms with Gasteiger partial charge in [0.05, 0.1) is 0 Å². The van der Waals surface area contributed by atoms with Crippen LogP contribution in [0.1, 0.15) is 71.8 Å². The van der Waals surface area contributed by atoms with Crippen LogP contribution < -0.4 is 0 Å². The Morgan fingerprint density at radius 3 is 2.64 bits per heavy atom. The molecule has 0 spiro atoms. The van der Waals surface area contributed by atoms with Gasteiger partial charge < -0.3 is 4.98 Å². The van der Waals surface area contributed by atoms with E-state index in [1.165, 1.54) is 61.4 Å². The molecule has 2 rings (SSSR count). The van der Waals surface area contributed by atoms with E-state index < -0.39 is 0 Å². The molecule has 2 atom stereocenters. The molecule has 1 N–H and O–H groups in total. The number of fused-ring (bicyclic) bond motifs is 1. The van der Waals surface area contributed by atoms with E-state index in [0.717, 1.165) is 5.92 Å². The standard InChI is InChI=1S/C21H33N/c1-5-7-10-17(3)14-21(4,13-6-2)15-18-16-22-20-12-9-8-11-19(18)20/h8-9,11-12,16-17,22H,5-7,10,13-15H2,1-4H3. The summed E-state index contributed by atoms with van der Waals surface area (Å²) in [5.41, 5.74) is 3.19. The molecule has 0 radical (unpaired) electrons. The lowest BCUT2D eigenvalue weighted by Gasteiger charge is -2.32. The predicted molar refractivity (Wildman–Crippen MR) is 98.3 cm³/mol. The van der Waals surface area contributed by atoms with Crippen LogP contribution in [0.15, 0.2) is 30.5 Å². The zero-order valence-electron chi connectivity index (χ0n) is 14.9. The van der Waals surface area contributed by atoms with Gasteiger partial charge in [-0.05, 0) is 42.2 Å². The van der Waals surface area contributed by atoms with Gasteiger partial charge in [0.1, 0.15) is 0 Å². The van der Waals surface area contributed by atoms with Crippen LogP contribution in [0.25, 0.3) is 10.9 Å². The van der Waals surface area contributed by atoms with Crippen molar-refractivity contribution in [3.05, 3.63) is 36.0 Å². The predicted octanol–water partition coefficient (Wildman–Crippen LogP) is 6.73. The van der Waals surface area contributed by atoms with Crippen molar-refractivity contribution in [2.45, 2.75) is 72.6 Å². The van der Waals surface area contributed by atoms with Gasteiger partial charge in [-0.25, -0.2) is 0 Å². The third kappa shape index (κ3) is 4.38. The van der Waals surface area contributed by atoms with Gasteiger partial charge in [-0.2, -0.15) is 0 Å². The second kappa shape index (κ2) is 7.85. The van der Waals surface area contributed by atoms with Crippen LogP contribution in [0.3, 0.4) is 0 Å². The van der Waals surface area contributed by atoms with E-state index in [-0.39, 0.29) is 0 Å². The lowest BCUT2D eigenvalue weighted by atomic mass is 9.73. The van der Waals surface area contributed by atoms with E-state index in [9.17, 15) is 0 Å². The topological polar surface area (TPSA) is 15.8 Å². The van der Waals surface area contributed by atoms with Gasteiger partial charge in [0.25, 0.3) is 0 Å². The molecule has 1 nitrogen and oxygen atoms in total. The fraction of sp³-hybridized carbons (Fsp3) is 0.619. The van der Waals surface area contributed by atoms with Gasteiger partial charge in [-0.1, -0.05) is 71.6 Å². The highest BCUT2D eigenvalue weighted by Crippen LogP contribution is 2.38. The van der Waals surface area contributed by atoms with E-state index in [4.69, 9.17) is 0 Å². The first-order valence-corrected chi connectivity index (χ1v) is 9.13. The van der Waals surface area contributed by atoms with Crippen LogP contribution >= 0.6 is 0 Å². The Hall–Kier alpha value is -1.24. The average Bonchev–Trinajstić information content (AvgIpc) is 2.88. The smallest absolute Gasteiger partial charge is 0.0456 e. The molecule has 0 fully saturated rings. The maximum absolute atomic E-state index is 3.44. The maximum Gasteiger partial charge on any atom is 0.0456 e. The van der Waals surface area contributed by atoms with Crippen molar-refractivity contribution >= 4 is 10.9 Å². The van der Waals surface area contributed by atoms with Crippen molar-refractivity contribution in [2.24, 2.45) is 11.3 Å². The summed E-state index contributed by atoms with van der Waals surface area (Å²) in [5.74, 6) is 0.835. The Morgan fingerprint density at radius 1 is 1.14 bits per heavy atom. The maximum atomic E-state index is 3.44. The second-order valence-electron chi connectivity index (χ2n) is 7.55. The van der Waals surface area contributed by atoms with Crippen LogP contribution in [-0.2, 0) is 6.42 Å². The minimum Gasteiger partial charge on any atom is -0.361 e. The van der Waals surface area contributed by atoms with Crippen LogP contribution in [0, 0.1) is 11.3 Å². The van der Waals surface area contributed by atoms with E-state index in [1.807, 2.05) is 0 Å². The van der Waals surface area contributed by atoms with Gasteiger partial charge >= 0.3 is 0 Å². The lowest BCUT2D eigenvalue weighted by Crippen LogP contribution is -2.22. The first-order chi connectivity index (χ1) is 10.6. The van der Waals surface area contributed by atoms with Crippen LogP contribution in [0.2, 0.25) is 0 Å². The molecule has 0 bridgehead atoms. The van der Waals surface area contributed by atoms with Crippen molar-refractivity contribution in [1.29, 1.82) is 0 Å². The Morgan fingerprint density at radius 2 is 1.91 bits per heavy atom. The molecule has 122 valence electrons. The number of para-hydroxylation sites is 1. The van der Waals surface area contributed by atoms with Crippen LogP contribution in [0.5, 0.6) is 0 Å². The van der Waals surface area contributed by atoms with E-state index in [0.29, 0.717) is 5.41 Å². The zero-order chi connectivity index (χ0) is 16.0. The number of hydrogen-bond acceptors (Lipinski definition) is 0. The third-order valence-electron chi connectivity index (χ3n) is 5.04. The highest BCUT2D eigenvalue weighted by Gasteiger charge is 2.27. The van der Waals surface area contributed by atoms with Crippen molar-refractivity contribution in [1.82, 2.24) is 4.98 Å². The van der Waals surface area contributed by atoms with E-state index in [1.54, 1.807) is 0 Å². The average molecular weight is 300 g/mol. The largest absolute Gasteiger partial charge is 0.361 e. The number of rotatable bonds is 9. The summed E-state index contributed by atoms with van der Waals surface area (Å²) in [6, 6.07) is 8.70. The Balaban J connectivity index is 2.13. The second-order valence-corrected chi connectivity index (χ2v) is 7.55. The number of benzene rings is 1. The molecule has 1 heteroatoms. The molecule has 1 heterocycles. The van der Waals surface area contributed by atoms with Gasteiger partial charge in [-0.15, -0.1) is 0 Å². The minimum absolute atomic E-state index is 0.423. The van der Waals surface area contributed by atoms with Crippen LogP contribution in [-0.4, -0.2) is 4.98 Å². The molecule has 0 aliphatic carbocycles. The van der Waals surface area contributed by atoms with Gasteiger partial charge in [0, 0.05) is 17.1 Å². The van der Waals surface area contributed by atoms with Crippen molar-refractivity contribution in [2.75, 3.05) is 0 Å². The molecule has 2 aromatic rings. The lowest BCUT2D eigenvalue weighted by molar-refractivity contribution is 0.217. The van der Waals surface area contributed by atoms with Crippen molar-refractivity contribution in [3.63, 3.8) is 0 Å². The van der Waals surface area contributed by atoms with Crippen molar-refractivity contribution < 1.29 is 0 Å². The molecule has 0 aliphatic rings. The Bertz CT molecular complexity index is 568. The number of hydrogen-bond donors (Lipinski definition) is 1. The summed E-state index contributed by atoms with van der Waals surface area (Å²) in [7, 11) is 0. The molecule has 0 amide bonds. The molecular weight excluding hydrogens is 266 g/mol. The van der Waals surface area contributed by atoms with Gasteiger partial charge in [0.15, 0.2) is 0 Å². The fourth-order valence-electron chi connectivity index (χ4n) is 4.10. The molecule has 1 aromatic heterocycles. The first kappa shape index (κ1) is 17.1. The summed E-state index contributed by atoms with van der Waals surface area (Å²) >= 11 is 0. The molecule has 0 aliphatic heterocycles.